The number of carbonyl (C=O) groups is 1. The minimum absolute atomic E-state index is 0.000870. The van der Waals surface area contributed by atoms with E-state index < -0.39 is 0 Å². The van der Waals surface area contributed by atoms with Crippen LogP contribution in [0, 0.1) is 0 Å². The molecule has 0 spiro atoms. The third-order valence-electron chi connectivity index (χ3n) is 5.78. The quantitative estimate of drug-likeness (QED) is 0.286. The lowest BCUT2D eigenvalue weighted by Gasteiger charge is -2.39. The number of β-amino-alcohol motifs (C(OH)–C–C–N with tert-alkyl or cyclic N) is 1. The van der Waals surface area contributed by atoms with Gasteiger partial charge >= 0.3 is 0 Å². The second-order valence-corrected chi connectivity index (χ2v) is 8.14. The van der Waals surface area contributed by atoms with Crippen molar-refractivity contribution in [3.8, 4) is 5.82 Å². The molecule has 180 valence electrons. The van der Waals surface area contributed by atoms with Crippen LogP contribution in [-0.4, -0.2) is 79.4 Å². The van der Waals surface area contributed by atoms with Crippen molar-refractivity contribution in [2.24, 2.45) is 0 Å². The fourth-order valence-electron chi connectivity index (χ4n) is 4.02. The summed E-state index contributed by atoms with van der Waals surface area (Å²) in [6, 6.07) is 10.5. The van der Waals surface area contributed by atoms with Crippen LogP contribution in [0.3, 0.4) is 0 Å². The molecule has 1 amide bonds. The molecule has 0 aromatic carbocycles. The van der Waals surface area contributed by atoms with Crippen molar-refractivity contribution in [1.29, 1.82) is 0 Å². The van der Waals surface area contributed by atoms with E-state index in [2.05, 4.69) is 35.9 Å². The van der Waals surface area contributed by atoms with Crippen molar-refractivity contribution in [1.82, 2.24) is 34.4 Å². The van der Waals surface area contributed by atoms with Gasteiger partial charge in [0.15, 0.2) is 17.2 Å². The molecule has 12 nitrogen and oxygen atoms in total. The maximum Gasteiger partial charge on any atom is 0.279 e. The topological polar surface area (TPSA) is 142 Å². The van der Waals surface area contributed by atoms with Gasteiger partial charge in [0.2, 0.25) is 0 Å². The zero-order chi connectivity index (χ0) is 24.4. The van der Waals surface area contributed by atoms with E-state index in [4.69, 9.17) is 5.11 Å². The van der Waals surface area contributed by atoms with Gasteiger partial charge in [-0.25, -0.2) is 14.5 Å². The van der Waals surface area contributed by atoms with E-state index in [1.54, 1.807) is 49.8 Å². The SMILES string of the molecule is CNc1cc(Nc2cccn(-c3ccccn3)c2=O)nn2c(C(=O)NC3CN(CCO)C3)cnc12. The number of nitrogens with one attached hydrogen (secondary N) is 3. The van der Waals surface area contributed by atoms with Crippen molar-refractivity contribution < 1.29 is 9.90 Å². The first-order valence-electron chi connectivity index (χ1n) is 11.2. The Morgan fingerprint density at radius 3 is 2.77 bits per heavy atom. The summed E-state index contributed by atoms with van der Waals surface area (Å²) in [6.07, 6.45) is 4.74. The highest BCUT2D eigenvalue weighted by molar-refractivity contribution is 5.94. The fraction of sp³-hybridized carbons (Fsp3) is 0.261. The standard InChI is InChI=1S/C23H25N9O3/c1-24-17-11-19(28-16-5-4-8-31(23(16)35)20-6-2-3-7-25-20)29-32-18(12-26-21(17)32)22(34)27-15-13-30(14-15)9-10-33/h2-8,11-12,15,24,33H,9-10,13-14H2,1H3,(H,27,34)(H,28,29). The average Bonchev–Trinajstić information content (AvgIpc) is 3.28. The molecule has 1 aliphatic heterocycles. The number of likely N-dealkylation sites (tertiary alicyclic amines) is 1. The predicted octanol–water partition coefficient (Wildman–Crippen LogP) is 0.467. The van der Waals surface area contributed by atoms with Gasteiger partial charge in [0.05, 0.1) is 24.5 Å². The van der Waals surface area contributed by atoms with Gasteiger partial charge in [0.25, 0.3) is 11.5 Å². The van der Waals surface area contributed by atoms with Gasteiger partial charge in [-0.05, 0) is 24.3 Å². The predicted molar refractivity (Wildman–Crippen MR) is 130 cm³/mol. The molecule has 0 aliphatic carbocycles. The lowest BCUT2D eigenvalue weighted by Crippen LogP contribution is -2.59. The highest BCUT2D eigenvalue weighted by Gasteiger charge is 2.28. The molecule has 1 aliphatic rings. The molecule has 1 fully saturated rings. The van der Waals surface area contributed by atoms with Gasteiger partial charge in [-0.1, -0.05) is 6.07 Å². The number of aromatic nitrogens is 5. The molecule has 4 N–H and O–H groups in total. The summed E-state index contributed by atoms with van der Waals surface area (Å²) in [5.74, 6) is 0.570. The van der Waals surface area contributed by atoms with Gasteiger partial charge in [-0.3, -0.25) is 19.1 Å². The lowest BCUT2D eigenvalue weighted by molar-refractivity contribution is 0.0752. The number of pyridine rings is 2. The first-order chi connectivity index (χ1) is 17.1. The van der Waals surface area contributed by atoms with Crippen LogP contribution in [0.4, 0.5) is 17.2 Å². The Bertz CT molecular complexity index is 1410. The Morgan fingerprint density at radius 1 is 1.17 bits per heavy atom. The molecule has 4 aromatic heterocycles. The minimum Gasteiger partial charge on any atom is -0.395 e. The van der Waals surface area contributed by atoms with Crippen LogP contribution < -0.4 is 21.5 Å². The van der Waals surface area contributed by atoms with E-state index in [1.807, 2.05) is 6.07 Å². The van der Waals surface area contributed by atoms with E-state index >= 15 is 0 Å². The number of fused-ring (bicyclic) bond motifs is 1. The molecule has 12 heteroatoms. The molecule has 5 heterocycles. The van der Waals surface area contributed by atoms with Crippen LogP contribution in [0.15, 0.2) is 59.8 Å². The third-order valence-corrected chi connectivity index (χ3v) is 5.78. The van der Waals surface area contributed by atoms with Crippen molar-refractivity contribution in [3.63, 3.8) is 0 Å². The van der Waals surface area contributed by atoms with Crippen LogP contribution in [0.1, 0.15) is 10.5 Å². The monoisotopic (exact) mass is 475 g/mol. The molecule has 0 radical (unpaired) electrons. The number of anilines is 3. The molecule has 35 heavy (non-hydrogen) atoms. The van der Waals surface area contributed by atoms with Gasteiger partial charge in [-0.2, -0.15) is 0 Å². The van der Waals surface area contributed by atoms with E-state index in [-0.39, 0.29) is 29.8 Å². The third kappa shape index (κ3) is 4.44. The first kappa shape index (κ1) is 22.5. The Morgan fingerprint density at radius 2 is 2.03 bits per heavy atom. The summed E-state index contributed by atoms with van der Waals surface area (Å²) >= 11 is 0. The fourth-order valence-corrected chi connectivity index (χ4v) is 4.02. The highest BCUT2D eigenvalue weighted by atomic mass is 16.3. The molecule has 5 rings (SSSR count). The molecule has 0 saturated carbocycles. The van der Waals surface area contributed by atoms with Gasteiger partial charge in [0, 0.05) is 45.1 Å². The van der Waals surface area contributed by atoms with Crippen LogP contribution in [0.5, 0.6) is 0 Å². The second-order valence-electron chi connectivity index (χ2n) is 8.14. The van der Waals surface area contributed by atoms with Crippen molar-refractivity contribution in [2.75, 3.05) is 43.9 Å². The highest BCUT2D eigenvalue weighted by Crippen LogP contribution is 2.22. The second kappa shape index (κ2) is 9.52. The molecule has 0 bridgehead atoms. The normalized spacial score (nSPS) is 14.0. The number of imidazole rings is 1. The zero-order valence-corrected chi connectivity index (χ0v) is 19.0. The number of carbonyl (C=O) groups excluding carboxylic acids is 1. The number of amides is 1. The lowest BCUT2D eigenvalue weighted by atomic mass is 10.1. The first-order valence-corrected chi connectivity index (χ1v) is 11.2. The summed E-state index contributed by atoms with van der Waals surface area (Å²) < 4.78 is 2.89. The number of rotatable bonds is 8. The Labute approximate surface area is 200 Å². The number of aliphatic hydroxyl groups is 1. The van der Waals surface area contributed by atoms with Crippen LogP contribution in [0.2, 0.25) is 0 Å². The molecule has 1 saturated heterocycles. The summed E-state index contributed by atoms with van der Waals surface area (Å²) in [7, 11) is 1.74. The molecule has 4 aromatic rings. The van der Waals surface area contributed by atoms with E-state index in [0.717, 1.165) is 0 Å². The van der Waals surface area contributed by atoms with Crippen LogP contribution in [-0.2, 0) is 0 Å². The summed E-state index contributed by atoms with van der Waals surface area (Å²) in [5.41, 5.74) is 1.41. The Kier molecular flexibility index (Phi) is 6.12. The number of nitrogens with zero attached hydrogens (tertiary/aromatic N) is 6. The maximum absolute atomic E-state index is 13.1. The van der Waals surface area contributed by atoms with Gasteiger partial charge in [0.1, 0.15) is 11.5 Å². The maximum atomic E-state index is 13.1. The van der Waals surface area contributed by atoms with Crippen molar-refractivity contribution in [2.45, 2.75) is 6.04 Å². The number of hydrogen-bond acceptors (Lipinski definition) is 9. The molecular formula is C23H25N9O3. The molecule has 0 atom stereocenters. The average molecular weight is 476 g/mol. The van der Waals surface area contributed by atoms with Crippen molar-refractivity contribution >= 4 is 28.7 Å². The summed E-state index contributed by atoms with van der Waals surface area (Å²) in [6.45, 7) is 2.05. The van der Waals surface area contributed by atoms with Crippen LogP contribution in [0.25, 0.3) is 11.5 Å². The Balaban J connectivity index is 1.43. The number of aliphatic hydroxyl groups excluding tert-OH is 1. The smallest absolute Gasteiger partial charge is 0.279 e. The van der Waals surface area contributed by atoms with E-state index in [1.165, 1.54) is 15.3 Å². The summed E-state index contributed by atoms with van der Waals surface area (Å²) in [5, 5.41) is 22.7. The van der Waals surface area contributed by atoms with Crippen LogP contribution >= 0.6 is 0 Å². The van der Waals surface area contributed by atoms with Crippen molar-refractivity contribution in [3.05, 3.63) is 71.0 Å². The van der Waals surface area contributed by atoms with Gasteiger partial charge < -0.3 is 21.1 Å². The number of hydrogen-bond donors (Lipinski definition) is 4. The Hall–Kier alpha value is -4.29. The minimum atomic E-state index is -0.296. The van der Waals surface area contributed by atoms with Gasteiger partial charge in [-0.15, -0.1) is 5.10 Å². The van der Waals surface area contributed by atoms with E-state index in [9.17, 15) is 9.59 Å². The zero-order valence-electron chi connectivity index (χ0n) is 19.0. The summed E-state index contributed by atoms with van der Waals surface area (Å²) in [4.78, 5) is 36.6. The van der Waals surface area contributed by atoms with E-state index in [0.29, 0.717) is 48.3 Å². The largest absolute Gasteiger partial charge is 0.395 e. The molecular weight excluding hydrogens is 450 g/mol. The molecule has 0 unspecified atom stereocenters.